The van der Waals surface area contributed by atoms with Crippen molar-refractivity contribution in [3.8, 4) is 0 Å². The monoisotopic (exact) mass is 607 g/mol. The molecule has 0 radical (unpaired) electrons. The fourth-order valence-corrected chi connectivity index (χ4v) is 5.74. The van der Waals surface area contributed by atoms with Gasteiger partial charge in [0.05, 0.1) is 15.6 Å². The quantitative estimate of drug-likeness (QED) is 0.277. The molecule has 7 nitrogen and oxygen atoms in total. The minimum absolute atomic E-state index is 0.00681. The number of anilines is 1. The van der Waals surface area contributed by atoms with Gasteiger partial charge in [-0.25, -0.2) is 12.8 Å². The van der Waals surface area contributed by atoms with Crippen LogP contribution in [0, 0.1) is 11.7 Å². The van der Waals surface area contributed by atoms with Gasteiger partial charge in [-0.2, -0.15) is 0 Å². The normalized spacial score (nSPS) is 12.2. The molecule has 0 aliphatic rings. The van der Waals surface area contributed by atoms with Crippen molar-refractivity contribution >= 4 is 50.7 Å². The molecule has 0 spiro atoms. The van der Waals surface area contributed by atoms with Crippen molar-refractivity contribution in [2.45, 2.75) is 44.7 Å². The van der Waals surface area contributed by atoms with Crippen molar-refractivity contribution in [3.05, 3.63) is 94.2 Å². The molecule has 0 heterocycles. The number of rotatable bonds is 12. The Labute approximate surface area is 244 Å². The topological polar surface area (TPSA) is 86.8 Å². The SMILES string of the molecule is CC[C@H](C(=O)NCC(C)C)N(Cc1ccc(Cl)cc1)C(=O)CN(c1ccc(F)c(Cl)c1)S(=O)(=O)c1ccccc1. The van der Waals surface area contributed by atoms with E-state index in [1.807, 2.05) is 13.8 Å². The number of hydrogen-bond donors (Lipinski definition) is 1. The van der Waals surface area contributed by atoms with Gasteiger partial charge in [0.2, 0.25) is 11.8 Å². The number of halogens is 3. The Balaban J connectivity index is 2.05. The first-order valence-electron chi connectivity index (χ1n) is 12.8. The standard InChI is InChI=1S/C29H32Cl2FN3O4S/c1-4-27(29(37)33-17-20(2)3)34(18-21-10-12-22(30)13-11-21)28(36)19-35(23-14-15-26(32)25(31)16-23)40(38,39)24-8-6-5-7-9-24/h5-16,20,27H,4,17-19H2,1-3H3,(H,33,37)/t27-/m1/s1. The second-order valence-corrected chi connectivity index (χ2v) is 12.3. The summed E-state index contributed by atoms with van der Waals surface area (Å²) in [7, 11) is -4.28. The first kappa shape index (κ1) is 31.4. The molecule has 214 valence electrons. The minimum Gasteiger partial charge on any atom is -0.354 e. The second-order valence-electron chi connectivity index (χ2n) is 9.63. The molecule has 3 rings (SSSR count). The number of benzene rings is 3. The molecule has 0 bridgehead atoms. The van der Waals surface area contributed by atoms with Crippen LogP contribution in [0.1, 0.15) is 32.8 Å². The molecule has 0 aliphatic carbocycles. The lowest BCUT2D eigenvalue weighted by Gasteiger charge is -2.33. The van der Waals surface area contributed by atoms with Gasteiger partial charge >= 0.3 is 0 Å². The maximum Gasteiger partial charge on any atom is 0.264 e. The lowest BCUT2D eigenvalue weighted by atomic mass is 10.1. The third-order valence-electron chi connectivity index (χ3n) is 6.14. The van der Waals surface area contributed by atoms with E-state index in [0.29, 0.717) is 17.1 Å². The predicted octanol–water partition coefficient (Wildman–Crippen LogP) is 5.91. The molecule has 1 N–H and O–H groups in total. The van der Waals surface area contributed by atoms with E-state index < -0.39 is 34.3 Å². The van der Waals surface area contributed by atoms with Crippen molar-refractivity contribution in [2.75, 3.05) is 17.4 Å². The Bertz CT molecular complexity index is 1420. The molecule has 0 aliphatic heterocycles. The highest BCUT2D eigenvalue weighted by Gasteiger charge is 2.34. The Kier molecular flexibility index (Phi) is 11.0. The van der Waals surface area contributed by atoms with Crippen molar-refractivity contribution in [2.24, 2.45) is 5.92 Å². The molecule has 3 aromatic carbocycles. The molecule has 0 fully saturated rings. The van der Waals surface area contributed by atoms with E-state index in [1.165, 1.54) is 23.1 Å². The molecule has 2 amide bonds. The maximum absolute atomic E-state index is 14.0. The number of amides is 2. The van der Waals surface area contributed by atoms with Crippen LogP contribution in [-0.2, 0) is 26.2 Å². The first-order chi connectivity index (χ1) is 18.9. The van der Waals surface area contributed by atoms with E-state index in [0.717, 1.165) is 16.4 Å². The smallest absolute Gasteiger partial charge is 0.264 e. The van der Waals surface area contributed by atoms with E-state index in [-0.39, 0.29) is 40.4 Å². The van der Waals surface area contributed by atoms with Gasteiger partial charge in [0, 0.05) is 18.1 Å². The highest BCUT2D eigenvalue weighted by Crippen LogP contribution is 2.28. The summed E-state index contributed by atoms with van der Waals surface area (Å²) in [5.41, 5.74) is 0.711. The summed E-state index contributed by atoms with van der Waals surface area (Å²) in [6.45, 7) is 5.49. The first-order valence-corrected chi connectivity index (χ1v) is 15.0. The molecule has 0 aromatic heterocycles. The molecule has 40 heavy (non-hydrogen) atoms. The van der Waals surface area contributed by atoms with Crippen LogP contribution in [0.2, 0.25) is 10.0 Å². The van der Waals surface area contributed by atoms with E-state index >= 15 is 0 Å². The lowest BCUT2D eigenvalue weighted by Crippen LogP contribution is -2.52. The predicted molar refractivity (Wildman–Crippen MR) is 156 cm³/mol. The summed E-state index contributed by atoms with van der Waals surface area (Å²) in [5, 5.41) is 3.09. The van der Waals surface area contributed by atoms with Crippen LogP contribution in [0.25, 0.3) is 0 Å². The number of sulfonamides is 1. The third-order valence-corrected chi connectivity index (χ3v) is 8.47. The summed E-state index contributed by atoms with van der Waals surface area (Å²) in [6.07, 6.45) is 0.289. The van der Waals surface area contributed by atoms with E-state index in [4.69, 9.17) is 23.2 Å². The van der Waals surface area contributed by atoms with Gasteiger partial charge in [-0.1, -0.05) is 74.3 Å². The van der Waals surface area contributed by atoms with Crippen molar-refractivity contribution in [3.63, 3.8) is 0 Å². The summed E-state index contributed by atoms with van der Waals surface area (Å²) < 4.78 is 42.4. The van der Waals surface area contributed by atoms with Crippen LogP contribution in [0.4, 0.5) is 10.1 Å². The van der Waals surface area contributed by atoms with E-state index in [2.05, 4.69) is 5.32 Å². The zero-order valence-corrected chi connectivity index (χ0v) is 24.8. The van der Waals surface area contributed by atoms with Crippen LogP contribution in [0.15, 0.2) is 77.7 Å². The fourth-order valence-electron chi connectivity index (χ4n) is 4.02. The zero-order chi connectivity index (χ0) is 29.4. The number of nitrogens with one attached hydrogen (secondary N) is 1. The number of carbonyl (C=O) groups excluding carboxylic acids is 2. The van der Waals surface area contributed by atoms with Gasteiger partial charge in [-0.05, 0) is 60.4 Å². The number of nitrogens with zero attached hydrogens (tertiary/aromatic N) is 2. The second kappa shape index (κ2) is 14.0. The largest absolute Gasteiger partial charge is 0.354 e. The van der Waals surface area contributed by atoms with Crippen LogP contribution >= 0.6 is 23.2 Å². The van der Waals surface area contributed by atoms with E-state index in [9.17, 15) is 22.4 Å². The molecular formula is C29H32Cl2FN3O4S. The van der Waals surface area contributed by atoms with Crippen LogP contribution < -0.4 is 9.62 Å². The molecule has 0 saturated carbocycles. The summed E-state index contributed by atoms with van der Waals surface area (Å²) >= 11 is 12.0. The summed E-state index contributed by atoms with van der Waals surface area (Å²) in [6, 6.07) is 17.0. The van der Waals surface area contributed by atoms with E-state index in [1.54, 1.807) is 49.4 Å². The van der Waals surface area contributed by atoms with Crippen molar-refractivity contribution in [1.82, 2.24) is 10.2 Å². The Morgan fingerprint density at radius 2 is 1.62 bits per heavy atom. The highest BCUT2D eigenvalue weighted by atomic mass is 35.5. The zero-order valence-electron chi connectivity index (χ0n) is 22.5. The highest BCUT2D eigenvalue weighted by molar-refractivity contribution is 7.92. The molecule has 1 atom stereocenters. The fraction of sp³-hybridized carbons (Fsp3) is 0.310. The van der Waals surface area contributed by atoms with Crippen LogP contribution in [-0.4, -0.2) is 44.3 Å². The average molecular weight is 609 g/mol. The molecule has 11 heteroatoms. The van der Waals surface area contributed by atoms with Crippen LogP contribution in [0.5, 0.6) is 0 Å². The van der Waals surface area contributed by atoms with Gasteiger partial charge in [0.15, 0.2) is 0 Å². The van der Waals surface area contributed by atoms with Gasteiger partial charge in [0.1, 0.15) is 18.4 Å². The maximum atomic E-state index is 14.0. The third kappa shape index (κ3) is 7.96. The number of carbonyl (C=O) groups is 2. The van der Waals surface area contributed by atoms with Gasteiger partial charge in [-0.3, -0.25) is 13.9 Å². The Hall–Kier alpha value is -3.14. The van der Waals surface area contributed by atoms with Crippen molar-refractivity contribution in [1.29, 1.82) is 0 Å². The molecule has 0 unspecified atom stereocenters. The summed E-state index contributed by atoms with van der Waals surface area (Å²) in [5.74, 6) is -1.51. The van der Waals surface area contributed by atoms with Gasteiger partial charge < -0.3 is 10.2 Å². The molecular weight excluding hydrogens is 576 g/mol. The number of hydrogen-bond acceptors (Lipinski definition) is 4. The molecule has 3 aromatic rings. The Morgan fingerprint density at radius 3 is 2.20 bits per heavy atom. The van der Waals surface area contributed by atoms with Gasteiger partial charge in [0.25, 0.3) is 10.0 Å². The van der Waals surface area contributed by atoms with Gasteiger partial charge in [-0.15, -0.1) is 0 Å². The summed E-state index contributed by atoms with van der Waals surface area (Å²) in [4.78, 5) is 28.5. The van der Waals surface area contributed by atoms with Crippen LogP contribution in [0.3, 0.4) is 0 Å². The lowest BCUT2D eigenvalue weighted by molar-refractivity contribution is -0.140. The van der Waals surface area contributed by atoms with Crippen molar-refractivity contribution < 1.29 is 22.4 Å². The minimum atomic E-state index is -4.28. The molecule has 0 saturated heterocycles. The average Bonchev–Trinajstić information content (AvgIpc) is 2.93. The Morgan fingerprint density at radius 1 is 0.975 bits per heavy atom.